The Morgan fingerprint density at radius 3 is 2.48 bits per heavy atom. The van der Waals surface area contributed by atoms with Crippen molar-refractivity contribution in [3.8, 4) is 5.75 Å². The molecule has 1 atom stereocenters. The number of ether oxygens (including phenoxy) is 1. The molecule has 0 bridgehead atoms. The molecule has 1 aliphatic rings. The van der Waals surface area contributed by atoms with E-state index in [0.717, 1.165) is 47.4 Å². The SMILES string of the molecule is CCCCCN1C(=O)C(=O)/C(=C(\O)c2ccc(OCCC)c(C)c2)C1c1sccc1C. The first-order valence-electron chi connectivity index (χ1n) is 11.0. The van der Waals surface area contributed by atoms with Crippen LogP contribution in [-0.2, 0) is 9.59 Å². The van der Waals surface area contributed by atoms with Gasteiger partial charge in [0.2, 0.25) is 0 Å². The van der Waals surface area contributed by atoms with Gasteiger partial charge in [0.1, 0.15) is 11.5 Å². The van der Waals surface area contributed by atoms with Crippen molar-refractivity contribution in [2.75, 3.05) is 13.2 Å². The lowest BCUT2D eigenvalue weighted by Gasteiger charge is -2.25. The van der Waals surface area contributed by atoms with Crippen LogP contribution in [0.3, 0.4) is 0 Å². The van der Waals surface area contributed by atoms with Gasteiger partial charge in [0, 0.05) is 17.0 Å². The molecule has 0 radical (unpaired) electrons. The zero-order chi connectivity index (χ0) is 22.5. The van der Waals surface area contributed by atoms with Crippen LogP contribution in [0, 0.1) is 13.8 Å². The zero-order valence-corrected chi connectivity index (χ0v) is 19.6. The summed E-state index contributed by atoms with van der Waals surface area (Å²) in [6, 6.07) is 6.80. The zero-order valence-electron chi connectivity index (χ0n) is 18.7. The van der Waals surface area contributed by atoms with Crippen molar-refractivity contribution in [1.82, 2.24) is 4.90 Å². The van der Waals surface area contributed by atoms with E-state index in [1.807, 2.05) is 44.4 Å². The largest absolute Gasteiger partial charge is 0.507 e. The quantitative estimate of drug-likeness (QED) is 0.232. The second-order valence-corrected chi connectivity index (χ2v) is 8.94. The van der Waals surface area contributed by atoms with Crippen molar-refractivity contribution >= 4 is 28.8 Å². The molecule has 1 amide bonds. The second-order valence-electron chi connectivity index (χ2n) is 8.00. The number of hydrogen-bond donors (Lipinski definition) is 1. The van der Waals surface area contributed by atoms with Gasteiger partial charge in [0.15, 0.2) is 0 Å². The number of carbonyl (C=O) groups excluding carboxylic acids is 2. The molecule has 166 valence electrons. The Balaban J connectivity index is 2.06. The maximum atomic E-state index is 13.0. The minimum atomic E-state index is -0.615. The number of thiophene rings is 1. The lowest BCUT2D eigenvalue weighted by atomic mass is 9.97. The lowest BCUT2D eigenvalue weighted by molar-refractivity contribution is -0.139. The molecule has 1 unspecified atom stereocenters. The van der Waals surface area contributed by atoms with Crippen LogP contribution < -0.4 is 4.74 Å². The third-order valence-corrected chi connectivity index (χ3v) is 6.67. The normalized spacial score (nSPS) is 18.1. The Labute approximate surface area is 188 Å². The summed E-state index contributed by atoms with van der Waals surface area (Å²) < 4.78 is 5.73. The van der Waals surface area contributed by atoms with Gasteiger partial charge in [-0.2, -0.15) is 0 Å². The molecule has 1 saturated heterocycles. The van der Waals surface area contributed by atoms with E-state index in [9.17, 15) is 14.7 Å². The van der Waals surface area contributed by atoms with E-state index in [1.165, 1.54) is 11.3 Å². The molecule has 31 heavy (non-hydrogen) atoms. The minimum absolute atomic E-state index is 0.126. The molecule has 0 saturated carbocycles. The molecule has 0 spiro atoms. The van der Waals surface area contributed by atoms with Gasteiger partial charge in [-0.25, -0.2) is 0 Å². The van der Waals surface area contributed by atoms with Crippen LogP contribution in [0.15, 0.2) is 35.2 Å². The van der Waals surface area contributed by atoms with E-state index < -0.39 is 17.7 Å². The number of likely N-dealkylation sites (tertiary alicyclic amines) is 1. The summed E-state index contributed by atoms with van der Waals surface area (Å²) in [4.78, 5) is 28.5. The third-order valence-electron chi connectivity index (χ3n) is 5.60. The maximum absolute atomic E-state index is 13.0. The lowest BCUT2D eigenvalue weighted by Crippen LogP contribution is -2.30. The van der Waals surface area contributed by atoms with Gasteiger partial charge in [-0.3, -0.25) is 9.59 Å². The summed E-state index contributed by atoms with van der Waals surface area (Å²) >= 11 is 1.51. The smallest absolute Gasteiger partial charge is 0.295 e. The van der Waals surface area contributed by atoms with Gasteiger partial charge in [0.25, 0.3) is 11.7 Å². The molecule has 5 nitrogen and oxygen atoms in total. The Morgan fingerprint density at radius 1 is 1.10 bits per heavy atom. The number of unbranched alkanes of at least 4 members (excludes halogenated alkanes) is 2. The number of hydrogen-bond acceptors (Lipinski definition) is 5. The number of Topliss-reactive ketones (excluding diaryl/α,β-unsaturated/α-hetero) is 1. The molecule has 1 fully saturated rings. The average Bonchev–Trinajstić information content (AvgIpc) is 3.28. The Bertz CT molecular complexity index is 991. The van der Waals surface area contributed by atoms with Crippen LogP contribution in [0.4, 0.5) is 0 Å². The maximum Gasteiger partial charge on any atom is 0.295 e. The third kappa shape index (κ3) is 4.69. The first kappa shape index (κ1) is 23.1. The van der Waals surface area contributed by atoms with Crippen LogP contribution in [0.1, 0.15) is 67.1 Å². The highest BCUT2D eigenvalue weighted by Crippen LogP contribution is 2.43. The highest BCUT2D eigenvalue weighted by molar-refractivity contribution is 7.10. The fraction of sp³-hybridized carbons (Fsp3) is 0.440. The monoisotopic (exact) mass is 441 g/mol. The number of aryl methyl sites for hydroxylation is 2. The molecule has 2 heterocycles. The summed E-state index contributed by atoms with van der Waals surface area (Å²) in [7, 11) is 0. The number of amides is 1. The molecule has 0 aliphatic carbocycles. The van der Waals surface area contributed by atoms with Crippen LogP contribution in [0.25, 0.3) is 5.76 Å². The fourth-order valence-corrected chi connectivity index (χ4v) is 4.95. The van der Waals surface area contributed by atoms with Crippen molar-refractivity contribution < 1.29 is 19.4 Å². The standard InChI is InChI=1S/C25H31NO4S/c1-5-7-8-12-26-21(24-16(3)11-14-31-24)20(23(28)25(26)29)22(27)18-9-10-19(17(4)15-18)30-13-6-2/h9-11,14-15,21,27H,5-8,12-13H2,1-4H3/b22-20-. The molecular weight excluding hydrogens is 410 g/mol. The van der Waals surface area contributed by atoms with Crippen molar-refractivity contribution in [1.29, 1.82) is 0 Å². The molecule has 1 aromatic carbocycles. The highest BCUT2D eigenvalue weighted by Gasteiger charge is 2.46. The van der Waals surface area contributed by atoms with E-state index in [0.29, 0.717) is 18.7 Å². The molecule has 1 N–H and O–H groups in total. The van der Waals surface area contributed by atoms with E-state index in [4.69, 9.17) is 4.74 Å². The van der Waals surface area contributed by atoms with E-state index in [1.54, 1.807) is 11.0 Å². The highest BCUT2D eigenvalue weighted by atomic mass is 32.1. The van der Waals surface area contributed by atoms with Crippen LogP contribution >= 0.6 is 11.3 Å². The Hall–Kier alpha value is -2.60. The first-order chi connectivity index (χ1) is 14.9. The van der Waals surface area contributed by atoms with Gasteiger partial charge in [0.05, 0.1) is 18.2 Å². The number of carbonyl (C=O) groups is 2. The summed E-state index contributed by atoms with van der Waals surface area (Å²) in [6.07, 6.45) is 3.74. The van der Waals surface area contributed by atoms with Gasteiger partial charge in [-0.05, 0) is 67.5 Å². The Morgan fingerprint density at radius 2 is 1.87 bits per heavy atom. The predicted octanol–water partition coefficient (Wildman–Crippen LogP) is 5.77. The molecule has 3 rings (SSSR count). The fourth-order valence-electron chi connectivity index (χ4n) is 3.91. The van der Waals surface area contributed by atoms with Crippen LogP contribution in [0.2, 0.25) is 0 Å². The van der Waals surface area contributed by atoms with Gasteiger partial charge >= 0.3 is 0 Å². The van der Waals surface area contributed by atoms with Gasteiger partial charge < -0.3 is 14.7 Å². The van der Waals surface area contributed by atoms with Gasteiger partial charge in [-0.1, -0.05) is 26.7 Å². The van der Waals surface area contributed by atoms with Crippen molar-refractivity contribution in [2.45, 2.75) is 59.4 Å². The summed E-state index contributed by atoms with van der Waals surface area (Å²) in [5, 5.41) is 13.2. The van der Waals surface area contributed by atoms with Crippen molar-refractivity contribution in [3.05, 3.63) is 56.8 Å². The van der Waals surface area contributed by atoms with Gasteiger partial charge in [-0.15, -0.1) is 11.3 Å². The van der Waals surface area contributed by atoms with Crippen molar-refractivity contribution in [3.63, 3.8) is 0 Å². The van der Waals surface area contributed by atoms with E-state index in [2.05, 4.69) is 6.92 Å². The molecule has 6 heteroatoms. The van der Waals surface area contributed by atoms with E-state index in [-0.39, 0.29) is 11.3 Å². The topological polar surface area (TPSA) is 66.8 Å². The number of nitrogens with zero attached hydrogens (tertiary/aromatic N) is 1. The van der Waals surface area contributed by atoms with Crippen molar-refractivity contribution in [2.24, 2.45) is 0 Å². The van der Waals surface area contributed by atoms with Crippen LogP contribution in [0.5, 0.6) is 5.75 Å². The molecular formula is C25H31NO4S. The van der Waals surface area contributed by atoms with Crippen LogP contribution in [-0.4, -0.2) is 34.8 Å². The van der Waals surface area contributed by atoms with E-state index >= 15 is 0 Å². The summed E-state index contributed by atoms with van der Waals surface area (Å²) in [5.41, 5.74) is 2.59. The molecule has 2 aromatic rings. The average molecular weight is 442 g/mol. The predicted molar refractivity (Wildman–Crippen MR) is 125 cm³/mol. The molecule has 1 aliphatic heterocycles. The number of aliphatic hydroxyl groups is 1. The summed E-state index contributed by atoms with van der Waals surface area (Å²) in [6.45, 7) is 9.15. The Kier molecular flexibility index (Phi) is 7.55. The number of ketones is 1. The number of aliphatic hydroxyl groups excluding tert-OH is 1. The minimum Gasteiger partial charge on any atom is -0.507 e. The number of rotatable bonds is 9. The second kappa shape index (κ2) is 10.1. The first-order valence-corrected chi connectivity index (χ1v) is 11.8. The molecule has 1 aromatic heterocycles. The summed E-state index contributed by atoms with van der Waals surface area (Å²) in [5.74, 6) is -0.519. The number of benzene rings is 1.